The van der Waals surface area contributed by atoms with Gasteiger partial charge in [-0.2, -0.15) is 13.2 Å². The van der Waals surface area contributed by atoms with Crippen molar-refractivity contribution in [1.29, 1.82) is 0 Å². The SMILES string of the molecule is CC(=O)c1ccc(NS(=O)[O-])c(CSc2ccccc2C(F)(F)F)c1. The normalized spacial score (nSPS) is 12.7. The number of thioether (sulfide) groups is 1. The highest BCUT2D eigenvalue weighted by Crippen LogP contribution is 2.38. The number of carbonyl (C=O) groups is 1. The summed E-state index contributed by atoms with van der Waals surface area (Å²) in [6.45, 7) is 1.35. The van der Waals surface area contributed by atoms with Gasteiger partial charge in [-0.1, -0.05) is 12.1 Å². The van der Waals surface area contributed by atoms with E-state index in [-0.39, 0.29) is 22.1 Å². The van der Waals surface area contributed by atoms with Crippen molar-refractivity contribution in [3.8, 4) is 0 Å². The number of benzene rings is 2. The first kappa shape index (κ1) is 19.5. The predicted molar refractivity (Wildman–Crippen MR) is 90.0 cm³/mol. The molecule has 0 fully saturated rings. The number of alkyl halides is 3. The fourth-order valence-electron chi connectivity index (χ4n) is 2.10. The summed E-state index contributed by atoms with van der Waals surface area (Å²) in [6.07, 6.45) is -4.48. The van der Waals surface area contributed by atoms with Gasteiger partial charge >= 0.3 is 6.18 Å². The Morgan fingerprint density at radius 1 is 1.24 bits per heavy atom. The molecule has 0 aliphatic carbocycles. The molecule has 0 bridgehead atoms. The Morgan fingerprint density at radius 2 is 1.92 bits per heavy atom. The van der Waals surface area contributed by atoms with Gasteiger partial charge in [0.1, 0.15) is 0 Å². The number of anilines is 1. The molecule has 0 amide bonds. The van der Waals surface area contributed by atoms with E-state index < -0.39 is 23.0 Å². The van der Waals surface area contributed by atoms with Gasteiger partial charge in [0.25, 0.3) is 0 Å². The van der Waals surface area contributed by atoms with Gasteiger partial charge in [0, 0.05) is 33.2 Å². The molecule has 0 heterocycles. The summed E-state index contributed by atoms with van der Waals surface area (Å²) in [7, 11) is 0. The van der Waals surface area contributed by atoms with E-state index >= 15 is 0 Å². The third kappa shape index (κ3) is 5.32. The lowest BCUT2D eigenvalue weighted by Crippen LogP contribution is -2.07. The van der Waals surface area contributed by atoms with Crippen LogP contribution in [0.4, 0.5) is 18.9 Å². The number of halogens is 3. The first-order valence-corrected chi connectivity index (χ1v) is 9.03. The van der Waals surface area contributed by atoms with E-state index in [1.165, 1.54) is 43.3 Å². The van der Waals surface area contributed by atoms with Crippen LogP contribution in [0.15, 0.2) is 47.4 Å². The molecule has 0 saturated heterocycles. The molecule has 0 aromatic heterocycles. The minimum Gasteiger partial charge on any atom is -0.755 e. The van der Waals surface area contributed by atoms with Crippen LogP contribution in [0.25, 0.3) is 0 Å². The van der Waals surface area contributed by atoms with Crippen LogP contribution < -0.4 is 4.72 Å². The lowest BCUT2D eigenvalue weighted by Gasteiger charge is -2.16. The summed E-state index contributed by atoms with van der Waals surface area (Å²) in [5, 5.41) is 0. The molecular weight excluding hydrogens is 375 g/mol. The van der Waals surface area contributed by atoms with Gasteiger partial charge in [-0.25, -0.2) is 0 Å². The van der Waals surface area contributed by atoms with Gasteiger partial charge in [0.05, 0.1) is 5.56 Å². The second-order valence-electron chi connectivity index (χ2n) is 5.05. The van der Waals surface area contributed by atoms with Gasteiger partial charge in [0.2, 0.25) is 0 Å². The van der Waals surface area contributed by atoms with E-state index in [1.54, 1.807) is 0 Å². The molecule has 0 aliphatic heterocycles. The van der Waals surface area contributed by atoms with E-state index in [2.05, 4.69) is 4.72 Å². The molecule has 0 radical (unpaired) electrons. The molecule has 2 aromatic rings. The number of hydrogen-bond donors (Lipinski definition) is 1. The van der Waals surface area contributed by atoms with Crippen molar-refractivity contribution in [3.05, 3.63) is 59.2 Å². The number of nitrogens with one attached hydrogen (secondary N) is 1. The molecule has 25 heavy (non-hydrogen) atoms. The molecule has 2 aromatic carbocycles. The highest BCUT2D eigenvalue weighted by molar-refractivity contribution is 7.98. The smallest absolute Gasteiger partial charge is 0.417 e. The molecule has 1 N–H and O–H groups in total. The molecule has 9 heteroatoms. The maximum Gasteiger partial charge on any atom is 0.417 e. The van der Waals surface area contributed by atoms with Gasteiger partial charge in [-0.3, -0.25) is 9.00 Å². The summed E-state index contributed by atoms with van der Waals surface area (Å²) in [5.41, 5.74) is 0.223. The first-order chi connectivity index (χ1) is 11.7. The van der Waals surface area contributed by atoms with Crippen molar-refractivity contribution in [3.63, 3.8) is 0 Å². The van der Waals surface area contributed by atoms with Crippen LogP contribution in [0, 0.1) is 0 Å². The Bertz CT molecular complexity index is 809. The highest BCUT2D eigenvalue weighted by Gasteiger charge is 2.33. The number of ketones is 1. The lowest BCUT2D eigenvalue weighted by molar-refractivity contribution is -0.139. The molecule has 134 valence electrons. The molecule has 0 spiro atoms. The van der Waals surface area contributed by atoms with E-state index in [1.807, 2.05) is 0 Å². The van der Waals surface area contributed by atoms with Crippen molar-refractivity contribution in [2.45, 2.75) is 23.7 Å². The van der Waals surface area contributed by atoms with E-state index in [9.17, 15) is 26.7 Å². The zero-order chi connectivity index (χ0) is 18.6. The fourth-order valence-corrected chi connectivity index (χ4v) is 3.55. The average molecular weight is 388 g/mol. The molecular formula is C16H13F3NO3S2-. The van der Waals surface area contributed by atoms with Gasteiger partial charge < -0.3 is 9.27 Å². The quantitative estimate of drug-likeness (QED) is 0.452. The number of Topliss-reactive ketones (excluding diaryl/α,β-unsaturated/α-hetero) is 1. The minimum absolute atomic E-state index is 0.0254. The van der Waals surface area contributed by atoms with Crippen molar-refractivity contribution < 1.29 is 26.7 Å². The molecule has 1 unspecified atom stereocenters. The average Bonchev–Trinajstić information content (AvgIpc) is 2.52. The van der Waals surface area contributed by atoms with Crippen LogP contribution in [-0.2, 0) is 23.2 Å². The van der Waals surface area contributed by atoms with Crippen LogP contribution in [0.3, 0.4) is 0 Å². The van der Waals surface area contributed by atoms with Gasteiger partial charge in [0.15, 0.2) is 5.78 Å². The van der Waals surface area contributed by atoms with Crippen LogP contribution in [-0.4, -0.2) is 14.5 Å². The second-order valence-corrected chi connectivity index (χ2v) is 6.74. The maximum absolute atomic E-state index is 13.0. The zero-order valence-corrected chi connectivity index (χ0v) is 14.6. The third-order valence-corrected chi connectivity index (χ3v) is 4.79. The van der Waals surface area contributed by atoms with Crippen LogP contribution in [0.2, 0.25) is 0 Å². The van der Waals surface area contributed by atoms with E-state index in [4.69, 9.17) is 0 Å². The van der Waals surface area contributed by atoms with Crippen molar-refractivity contribution in [1.82, 2.24) is 0 Å². The van der Waals surface area contributed by atoms with E-state index in [0.29, 0.717) is 11.1 Å². The summed E-state index contributed by atoms with van der Waals surface area (Å²) >= 11 is -1.67. The predicted octanol–water partition coefficient (Wildman–Crippen LogP) is 4.41. The Balaban J connectivity index is 2.32. The number of hydrogen-bond acceptors (Lipinski definition) is 4. The second kappa shape index (κ2) is 8.03. The summed E-state index contributed by atoms with van der Waals surface area (Å²) in [4.78, 5) is 11.5. The molecule has 1 atom stereocenters. The van der Waals surface area contributed by atoms with Gasteiger partial charge in [-0.05, 0) is 42.8 Å². The summed E-state index contributed by atoms with van der Waals surface area (Å²) < 4.78 is 63.1. The highest BCUT2D eigenvalue weighted by atomic mass is 32.2. The molecule has 2 rings (SSSR count). The third-order valence-electron chi connectivity index (χ3n) is 3.28. The van der Waals surface area contributed by atoms with Crippen LogP contribution in [0.5, 0.6) is 0 Å². The van der Waals surface area contributed by atoms with Crippen molar-refractivity contribution in [2.24, 2.45) is 0 Å². The largest absolute Gasteiger partial charge is 0.755 e. The Kier molecular flexibility index (Phi) is 6.26. The van der Waals surface area contributed by atoms with Crippen molar-refractivity contribution in [2.75, 3.05) is 4.72 Å². The minimum atomic E-state index is -4.48. The van der Waals surface area contributed by atoms with E-state index in [0.717, 1.165) is 17.8 Å². The number of carbonyl (C=O) groups excluding carboxylic acids is 1. The molecule has 4 nitrogen and oxygen atoms in total. The molecule has 0 saturated carbocycles. The first-order valence-electron chi connectivity index (χ1n) is 6.97. The fraction of sp³-hybridized carbons (Fsp3) is 0.188. The topological polar surface area (TPSA) is 69.2 Å². The monoisotopic (exact) mass is 388 g/mol. The lowest BCUT2D eigenvalue weighted by atomic mass is 10.1. The Hall–Kier alpha value is -1.84. The standard InChI is InChI=1S/C16H14F3NO3S2/c1-10(21)11-6-7-14(20-25(22)23)12(8-11)9-24-15-5-3-2-4-13(15)16(17,18)19/h2-8,20H,9H2,1H3,(H,22,23)/p-1. The number of rotatable bonds is 6. The zero-order valence-electron chi connectivity index (χ0n) is 12.9. The molecule has 0 aliphatic rings. The van der Waals surface area contributed by atoms with Crippen LogP contribution >= 0.6 is 11.8 Å². The summed E-state index contributed by atoms with van der Waals surface area (Å²) in [6, 6.07) is 9.47. The van der Waals surface area contributed by atoms with Crippen LogP contribution in [0.1, 0.15) is 28.4 Å². The van der Waals surface area contributed by atoms with Gasteiger partial charge in [-0.15, -0.1) is 11.8 Å². The van der Waals surface area contributed by atoms with Crippen molar-refractivity contribution >= 4 is 34.5 Å². The maximum atomic E-state index is 13.0. The Labute approximate surface area is 149 Å². The Morgan fingerprint density at radius 3 is 2.52 bits per heavy atom. The summed E-state index contributed by atoms with van der Waals surface area (Å²) in [5.74, 6) is -0.162.